The molecule has 0 bridgehead atoms. The van der Waals surface area contributed by atoms with Crippen LogP contribution < -0.4 is 14.9 Å². The summed E-state index contributed by atoms with van der Waals surface area (Å²) in [5.41, 5.74) is 0.930. The third kappa shape index (κ3) is 7.27. The lowest BCUT2D eigenvalue weighted by Gasteiger charge is -2.34. The summed E-state index contributed by atoms with van der Waals surface area (Å²) in [4.78, 5) is 30.4. The Hall–Kier alpha value is -3.08. The van der Waals surface area contributed by atoms with E-state index < -0.39 is 26.1 Å². The van der Waals surface area contributed by atoms with Gasteiger partial charge in [0.05, 0.1) is 25.7 Å². The van der Waals surface area contributed by atoms with Crippen LogP contribution in [0.25, 0.3) is 11.4 Å². The van der Waals surface area contributed by atoms with Gasteiger partial charge < -0.3 is 19.9 Å². The molecule has 0 spiro atoms. The first-order valence-corrected chi connectivity index (χ1v) is 15.8. The second-order valence-corrected chi connectivity index (χ2v) is 12.9. The predicted molar refractivity (Wildman–Crippen MR) is 143 cm³/mol. The molecule has 1 aromatic heterocycles. The van der Waals surface area contributed by atoms with E-state index in [9.17, 15) is 21.6 Å². The van der Waals surface area contributed by atoms with Gasteiger partial charge in [-0.2, -0.15) is 19.3 Å². The van der Waals surface area contributed by atoms with Crippen LogP contribution in [0.5, 0.6) is 0 Å². The van der Waals surface area contributed by atoms with Gasteiger partial charge in [0.1, 0.15) is 6.04 Å². The van der Waals surface area contributed by atoms with Gasteiger partial charge in [0, 0.05) is 50.5 Å². The highest BCUT2D eigenvalue weighted by Gasteiger charge is 2.29. The minimum absolute atomic E-state index is 0.189. The van der Waals surface area contributed by atoms with Crippen molar-refractivity contribution in [2.45, 2.75) is 13.0 Å². The zero-order chi connectivity index (χ0) is 27.5. The minimum Gasteiger partial charge on any atom is -0.378 e. The smallest absolute Gasteiger partial charge is 0.244 e. The van der Waals surface area contributed by atoms with Crippen molar-refractivity contribution in [3.05, 3.63) is 24.3 Å². The standard InChI is InChI=1S/C22H32N8O6S2/c1-16(20(31)28-7-9-30(10-8-28)38(3,34)35)23-21-24-19(25-22(26-21)29-11-13-36-14-12-29)17-5-4-6-18(15-17)27-37(2,32)33/h4-6,15-16,27H,7-14H2,1-3H3,(H,23,24,25,26)/t16-/m0/s1. The highest BCUT2D eigenvalue weighted by molar-refractivity contribution is 7.92. The zero-order valence-corrected chi connectivity index (χ0v) is 23.1. The summed E-state index contributed by atoms with van der Waals surface area (Å²) in [6.07, 6.45) is 2.23. The normalized spacial score (nSPS) is 18.2. The maximum Gasteiger partial charge on any atom is 0.244 e. The van der Waals surface area contributed by atoms with Crippen molar-refractivity contribution in [3.63, 3.8) is 0 Å². The predicted octanol–water partition coefficient (Wildman–Crippen LogP) is -0.349. The molecule has 3 heterocycles. The van der Waals surface area contributed by atoms with Gasteiger partial charge in [-0.05, 0) is 19.1 Å². The van der Waals surface area contributed by atoms with E-state index in [1.54, 1.807) is 36.1 Å². The molecule has 16 heteroatoms. The van der Waals surface area contributed by atoms with Gasteiger partial charge >= 0.3 is 0 Å². The van der Waals surface area contributed by atoms with Crippen molar-refractivity contribution < 1.29 is 26.4 Å². The molecule has 1 atom stereocenters. The fourth-order valence-electron chi connectivity index (χ4n) is 4.17. The number of anilines is 3. The van der Waals surface area contributed by atoms with Crippen molar-refractivity contribution in [2.75, 3.05) is 79.9 Å². The lowest BCUT2D eigenvalue weighted by molar-refractivity contribution is -0.132. The van der Waals surface area contributed by atoms with Crippen molar-refractivity contribution in [3.8, 4) is 11.4 Å². The Morgan fingerprint density at radius 1 is 0.974 bits per heavy atom. The van der Waals surface area contributed by atoms with Gasteiger partial charge in [0.15, 0.2) is 5.82 Å². The molecule has 1 amide bonds. The number of hydrogen-bond donors (Lipinski definition) is 2. The third-order valence-electron chi connectivity index (χ3n) is 6.08. The van der Waals surface area contributed by atoms with Crippen LogP contribution in [-0.4, -0.2) is 118 Å². The molecule has 2 saturated heterocycles. The van der Waals surface area contributed by atoms with Crippen LogP contribution in [0.3, 0.4) is 0 Å². The fourth-order valence-corrected chi connectivity index (χ4v) is 5.55. The molecule has 2 N–H and O–H groups in total. The lowest BCUT2D eigenvalue weighted by atomic mass is 10.2. The van der Waals surface area contributed by atoms with E-state index in [0.29, 0.717) is 62.4 Å². The number of hydrogen-bond acceptors (Lipinski definition) is 11. The second kappa shape index (κ2) is 11.3. The van der Waals surface area contributed by atoms with Crippen LogP contribution >= 0.6 is 0 Å². The van der Waals surface area contributed by atoms with E-state index in [0.717, 1.165) is 12.5 Å². The quantitative estimate of drug-likeness (QED) is 0.427. The largest absolute Gasteiger partial charge is 0.378 e. The van der Waals surface area contributed by atoms with E-state index >= 15 is 0 Å². The number of rotatable bonds is 8. The van der Waals surface area contributed by atoms with Crippen LogP contribution in [0, 0.1) is 0 Å². The molecular formula is C22H32N8O6S2. The highest BCUT2D eigenvalue weighted by Crippen LogP contribution is 2.24. The van der Waals surface area contributed by atoms with Gasteiger partial charge in [0.25, 0.3) is 0 Å². The molecule has 0 unspecified atom stereocenters. The fraction of sp³-hybridized carbons (Fsp3) is 0.545. The lowest BCUT2D eigenvalue weighted by Crippen LogP contribution is -2.53. The summed E-state index contributed by atoms with van der Waals surface area (Å²) in [6.45, 7) is 4.96. The monoisotopic (exact) mass is 568 g/mol. The maximum atomic E-state index is 13.1. The number of ether oxygens (including phenoxy) is 1. The van der Waals surface area contributed by atoms with Gasteiger partial charge in [-0.1, -0.05) is 12.1 Å². The van der Waals surface area contributed by atoms with E-state index in [1.165, 1.54) is 4.31 Å². The summed E-state index contributed by atoms with van der Waals surface area (Å²) in [6, 6.07) is 6.00. The molecule has 2 aliphatic rings. The van der Waals surface area contributed by atoms with Gasteiger partial charge in [-0.25, -0.2) is 16.8 Å². The highest BCUT2D eigenvalue weighted by atomic mass is 32.2. The van der Waals surface area contributed by atoms with Crippen molar-refractivity contribution in [1.82, 2.24) is 24.2 Å². The number of piperazine rings is 1. The molecule has 0 radical (unpaired) electrons. The van der Waals surface area contributed by atoms with E-state index in [4.69, 9.17) is 4.74 Å². The average Bonchev–Trinajstić information content (AvgIpc) is 2.87. The van der Waals surface area contributed by atoms with Crippen LogP contribution in [-0.2, 0) is 29.6 Å². The van der Waals surface area contributed by atoms with Crippen LogP contribution in [0.15, 0.2) is 24.3 Å². The molecule has 0 saturated carbocycles. The Kier molecular flexibility index (Phi) is 8.34. The maximum absolute atomic E-state index is 13.1. The number of sulfonamides is 2. The van der Waals surface area contributed by atoms with Crippen molar-refractivity contribution in [2.24, 2.45) is 0 Å². The number of aromatic nitrogens is 3. The first-order chi connectivity index (χ1) is 17.9. The van der Waals surface area contributed by atoms with Crippen LogP contribution in [0.2, 0.25) is 0 Å². The Bertz CT molecular complexity index is 1370. The van der Waals surface area contributed by atoms with Crippen molar-refractivity contribution >= 4 is 43.5 Å². The van der Waals surface area contributed by atoms with E-state index in [1.807, 2.05) is 4.90 Å². The van der Waals surface area contributed by atoms with Crippen LogP contribution in [0.1, 0.15) is 6.92 Å². The Balaban J connectivity index is 1.57. The molecule has 38 heavy (non-hydrogen) atoms. The summed E-state index contributed by atoms with van der Waals surface area (Å²) in [5, 5.41) is 3.07. The zero-order valence-electron chi connectivity index (χ0n) is 21.5. The molecule has 2 fully saturated rings. The summed E-state index contributed by atoms with van der Waals surface area (Å²) in [7, 11) is -6.78. The number of nitrogens with one attached hydrogen (secondary N) is 2. The summed E-state index contributed by atoms with van der Waals surface area (Å²) in [5.74, 6) is 0.701. The molecule has 0 aliphatic carbocycles. The first kappa shape index (κ1) is 27.9. The number of morpholine rings is 1. The Morgan fingerprint density at radius 2 is 1.66 bits per heavy atom. The second-order valence-electron chi connectivity index (χ2n) is 9.19. The van der Waals surface area contributed by atoms with Gasteiger partial charge in [0.2, 0.25) is 37.9 Å². The van der Waals surface area contributed by atoms with Gasteiger partial charge in [-0.3, -0.25) is 9.52 Å². The number of carbonyl (C=O) groups excluding carboxylic acids is 1. The summed E-state index contributed by atoms with van der Waals surface area (Å²) >= 11 is 0. The molecule has 4 rings (SSSR count). The third-order valence-corrected chi connectivity index (χ3v) is 7.99. The topological polar surface area (TPSA) is 167 Å². The number of benzene rings is 1. The number of carbonyl (C=O) groups is 1. The Labute approximate surface area is 222 Å². The number of nitrogens with zero attached hydrogens (tertiary/aromatic N) is 6. The number of amides is 1. The SMILES string of the molecule is C[C@H](Nc1nc(-c2cccc(NS(C)(=O)=O)c2)nc(N2CCOCC2)n1)C(=O)N1CCN(S(C)(=O)=O)CC1. The van der Waals surface area contributed by atoms with E-state index in [2.05, 4.69) is 25.0 Å². The molecule has 208 valence electrons. The van der Waals surface area contributed by atoms with Crippen LogP contribution in [0.4, 0.5) is 17.6 Å². The average molecular weight is 569 g/mol. The van der Waals surface area contributed by atoms with Gasteiger partial charge in [-0.15, -0.1) is 0 Å². The summed E-state index contributed by atoms with van der Waals surface area (Å²) < 4.78 is 56.2. The molecule has 2 aromatic rings. The Morgan fingerprint density at radius 3 is 2.29 bits per heavy atom. The molecule has 1 aromatic carbocycles. The molecule has 14 nitrogen and oxygen atoms in total. The molecule has 2 aliphatic heterocycles. The molecular weight excluding hydrogens is 536 g/mol. The van der Waals surface area contributed by atoms with E-state index in [-0.39, 0.29) is 24.9 Å². The first-order valence-electron chi connectivity index (χ1n) is 12.1. The van der Waals surface area contributed by atoms with Crippen molar-refractivity contribution in [1.29, 1.82) is 0 Å². The minimum atomic E-state index is -3.47.